The number of nitrogens with zero attached hydrogens (tertiary/aromatic N) is 3. The van der Waals surface area contributed by atoms with Crippen LogP contribution in [0.15, 0.2) is 61.1 Å². The van der Waals surface area contributed by atoms with Crippen molar-refractivity contribution in [3.05, 3.63) is 72.2 Å². The number of aryl methyl sites for hydroxylation is 1. The Hall–Kier alpha value is -3.08. The summed E-state index contributed by atoms with van der Waals surface area (Å²) in [6.45, 7) is 10.1. The molecule has 3 aromatic rings. The molecule has 5 heteroatoms. The number of anilines is 2. The summed E-state index contributed by atoms with van der Waals surface area (Å²) in [4.78, 5) is 11.1. The zero-order valence-electron chi connectivity index (χ0n) is 15.9. The number of hydrogen-bond donors (Lipinski definition) is 2. The average molecular weight is 359 g/mol. The number of aromatic nitrogens is 2. The zero-order chi connectivity index (χ0) is 18.8. The van der Waals surface area contributed by atoms with Crippen molar-refractivity contribution in [3.8, 4) is 0 Å². The van der Waals surface area contributed by atoms with E-state index in [-0.39, 0.29) is 6.04 Å². The fraction of sp³-hybridized carbons (Fsp3) is 0.273. The van der Waals surface area contributed by atoms with Crippen LogP contribution < -0.4 is 15.5 Å². The largest absolute Gasteiger partial charge is 0.370 e. The molecule has 0 amide bonds. The van der Waals surface area contributed by atoms with E-state index < -0.39 is 0 Å². The molecule has 1 aromatic heterocycles. The van der Waals surface area contributed by atoms with Gasteiger partial charge in [0, 0.05) is 19.3 Å². The number of hydrogen-bond acceptors (Lipinski definition) is 5. The van der Waals surface area contributed by atoms with Gasteiger partial charge in [-0.15, -0.1) is 0 Å². The van der Waals surface area contributed by atoms with Gasteiger partial charge in [0.2, 0.25) is 5.95 Å². The molecular formula is C22H25N5. The molecule has 0 radical (unpaired) electrons. The summed E-state index contributed by atoms with van der Waals surface area (Å²) in [6, 6.07) is 15.3. The lowest BCUT2D eigenvalue weighted by atomic mass is 10.0. The minimum absolute atomic E-state index is 0.107. The molecule has 5 nitrogen and oxygen atoms in total. The first-order chi connectivity index (χ1) is 13.1. The predicted molar refractivity (Wildman–Crippen MR) is 112 cm³/mol. The second kappa shape index (κ2) is 7.27. The van der Waals surface area contributed by atoms with Crippen LogP contribution in [-0.2, 0) is 6.42 Å². The Balaban J connectivity index is 1.54. The maximum absolute atomic E-state index is 4.66. The van der Waals surface area contributed by atoms with Gasteiger partial charge in [-0.25, -0.2) is 4.98 Å². The average Bonchev–Trinajstić information content (AvgIpc) is 3.13. The summed E-state index contributed by atoms with van der Waals surface area (Å²) < 4.78 is 0. The topological polar surface area (TPSA) is 53.1 Å². The van der Waals surface area contributed by atoms with Crippen LogP contribution in [0.2, 0.25) is 0 Å². The molecule has 2 aromatic carbocycles. The highest BCUT2D eigenvalue weighted by Crippen LogP contribution is 2.24. The molecule has 0 aliphatic carbocycles. The highest BCUT2D eigenvalue weighted by atomic mass is 15.3. The summed E-state index contributed by atoms with van der Waals surface area (Å²) in [6.07, 6.45) is 2.85. The first kappa shape index (κ1) is 17.3. The van der Waals surface area contributed by atoms with Crippen LogP contribution in [0.5, 0.6) is 0 Å². The molecule has 0 spiro atoms. The van der Waals surface area contributed by atoms with Crippen molar-refractivity contribution in [1.29, 1.82) is 0 Å². The van der Waals surface area contributed by atoms with Crippen molar-refractivity contribution >= 4 is 22.5 Å². The van der Waals surface area contributed by atoms with Crippen molar-refractivity contribution < 1.29 is 0 Å². The lowest BCUT2D eigenvalue weighted by molar-refractivity contribution is 0.858. The van der Waals surface area contributed by atoms with Crippen molar-refractivity contribution in [2.24, 2.45) is 0 Å². The zero-order valence-corrected chi connectivity index (χ0v) is 15.9. The summed E-state index contributed by atoms with van der Waals surface area (Å²) in [5.74, 6) is 2.37. The van der Waals surface area contributed by atoms with Crippen LogP contribution in [-0.4, -0.2) is 23.1 Å². The monoisotopic (exact) mass is 359 g/mol. The molecule has 1 unspecified atom stereocenters. The van der Waals surface area contributed by atoms with Gasteiger partial charge in [-0.3, -0.25) is 0 Å². The van der Waals surface area contributed by atoms with E-state index in [2.05, 4.69) is 82.3 Å². The Morgan fingerprint density at radius 2 is 2.00 bits per heavy atom. The maximum Gasteiger partial charge on any atom is 0.225 e. The van der Waals surface area contributed by atoms with E-state index in [1.165, 1.54) is 21.9 Å². The van der Waals surface area contributed by atoms with Crippen LogP contribution in [0.3, 0.4) is 0 Å². The Kier molecular flexibility index (Phi) is 4.67. The van der Waals surface area contributed by atoms with Crippen LogP contribution in [0.4, 0.5) is 11.8 Å². The van der Waals surface area contributed by atoms with Crippen LogP contribution in [0.1, 0.15) is 31.0 Å². The van der Waals surface area contributed by atoms with E-state index in [1.54, 1.807) is 6.20 Å². The van der Waals surface area contributed by atoms with E-state index >= 15 is 0 Å². The molecule has 0 saturated carbocycles. The number of benzene rings is 2. The predicted octanol–water partition coefficient (Wildman–Crippen LogP) is 4.25. The van der Waals surface area contributed by atoms with Gasteiger partial charge in [-0.1, -0.05) is 43.8 Å². The van der Waals surface area contributed by atoms with E-state index in [4.69, 9.17) is 0 Å². The van der Waals surface area contributed by atoms with Crippen molar-refractivity contribution in [2.45, 2.75) is 26.3 Å². The molecule has 1 aliphatic rings. The molecule has 1 atom stereocenters. The smallest absolute Gasteiger partial charge is 0.225 e. The first-order valence-corrected chi connectivity index (χ1v) is 9.46. The standard InChI is InChI=1S/C22H25N5/c1-4-17-5-6-20-14-18(7-8-19(20)13-17)15(2)25-22-24-10-9-21(26-22)27-12-11-23-16(27)3/h5-10,13-15,23H,3-4,11-12H2,1-2H3,(H,24,25,26). The minimum Gasteiger partial charge on any atom is -0.370 e. The van der Waals surface area contributed by atoms with E-state index in [1.807, 2.05) is 6.07 Å². The number of fused-ring (bicyclic) bond motifs is 1. The summed E-state index contributed by atoms with van der Waals surface area (Å²) in [5, 5.41) is 9.19. The van der Waals surface area contributed by atoms with E-state index in [0.29, 0.717) is 5.95 Å². The Labute approximate surface area is 160 Å². The normalized spacial score (nSPS) is 15.0. The lowest BCUT2D eigenvalue weighted by Gasteiger charge is -2.19. The third-order valence-corrected chi connectivity index (χ3v) is 5.09. The summed E-state index contributed by atoms with van der Waals surface area (Å²) >= 11 is 0. The van der Waals surface area contributed by atoms with Crippen LogP contribution >= 0.6 is 0 Å². The molecule has 27 heavy (non-hydrogen) atoms. The first-order valence-electron chi connectivity index (χ1n) is 9.46. The molecule has 1 fully saturated rings. The Bertz CT molecular complexity index is 981. The van der Waals surface area contributed by atoms with Gasteiger partial charge in [0.05, 0.1) is 11.9 Å². The van der Waals surface area contributed by atoms with Crippen molar-refractivity contribution in [3.63, 3.8) is 0 Å². The van der Waals surface area contributed by atoms with Gasteiger partial charge in [0.1, 0.15) is 5.82 Å². The molecule has 1 saturated heterocycles. The number of nitrogens with one attached hydrogen (secondary N) is 2. The minimum atomic E-state index is 0.107. The second-order valence-electron chi connectivity index (χ2n) is 6.92. The van der Waals surface area contributed by atoms with Gasteiger partial charge in [0.25, 0.3) is 0 Å². The second-order valence-corrected chi connectivity index (χ2v) is 6.92. The Morgan fingerprint density at radius 3 is 2.78 bits per heavy atom. The molecule has 2 heterocycles. The van der Waals surface area contributed by atoms with Gasteiger partial charge in [-0.2, -0.15) is 4.98 Å². The van der Waals surface area contributed by atoms with Gasteiger partial charge < -0.3 is 15.5 Å². The van der Waals surface area contributed by atoms with Gasteiger partial charge in [0.15, 0.2) is 0 Å². The third-order valence-electron chi connectivity index (χ3n) is 5.09. The maximum atomic E-state index is 4.66. The Morgan fingerprint density at radius 1 is 1.19 bits per heavy atom. The van der Waals surface area contributed by atoms with E-state index in [0.717, 1.165) is 31.1 Å². The van der Waals surface area contributed by atoms with E-state index in [9.17, 15) is 0 Å². The van der Waals surface area contributed by atoms with Crippen molar-refractivity contribution in [1.82, 2.24) is 15.3 Å². The quantitative estimate of drug-likeness (QED) is 0.713. The highest BCUT2D eigenvalue weighted by Gasteiger charge is 2.18. The molecule has 2 N–H and O–H groups in total. The van der Waals surface area contributed by atoms with Crippen LogP contribution in [0.25, 0.3) is 10.8 Å². The number of rotatable bonds is 5. The lowest BCUT2D eigenvalue weighted by Crippen LogP contribution is -2.20. The highest BCUT2D eigenvalue weighted by molar-refractivity contribution is 5.84. The molecule has 138 valence electrons. The fourth-order valence-corrected chi connectivity index (χ4v) is 3.44. The van der Waals surface area contributed by atoms with Crippen LogP contribution in [0, 0.1) is 0 Å². The summed E-state index contributed by atoms with van der Waals surface area (Å²) in [5.41, 5.74) is 2.58. The molecule has 4 rings (SSSR count). The molecular weight excluding hydrogens is 334 g/mol. The molecule has 1 aliphatic heterocycles. The fourth-order valence-electron chi connectivity index (χ4n) is 3.44. The van der Waals surface area contributed by atoms with Gasteiger partial charge in [-0.05, 0) is 47.4 Å². The summed E-state index contributed by atoms with van der Waals surface area (Å²) in [7, 11) is 0. The molecule has 0 bridgehead atoms. The SMILES string of the molecule is C=C1NCCN1c1ccnc(NC(C)c2ccc3cc(CC)ccc3c2)n1. The van der Waals surface area contributed by atoms with Crippen molar-refractivity contribution in [2.75, 3.05) is 23.3 Å². The third kappa shape index (κ3) is 3.58. The van der Waals surface area contributed by atoms with Gasteiger partial charge >= 0.3 is 0 Å².